The molecule has 0 bridgehead atoms. The van der Waals surface area contributed by atoms with E-state index < -0.39 is 0 Å². The predicted octanol–water partition coefficient (Wildman–Crippen LogP) is -0.306. The molecule has 1 heterocycles. The summed E-state index contributed by atoms with van der Waals surface area (Å²) in [7, 11) is 5.33. The monoisotopic (exact) mass is 154 g/mol. The molecule has 0 saturated carbocycles. The van der Waals surface area contributed by atoms with E-state index in [0.717, 1.165) is 0 Å². The van der Waals surface area contributed by atoms with E-state index >= 15 is 0 Å². The van der Waals surface area contributed by atoms with Gasteiger partial charge in [-0.05, 0) is 0 Å². The molecule has 5 nitrogen and oxygen atoms in total. The Kier molecular flexibility index (Phi) is 1.89. The molecule has 0 saturated heterocycles. The number of aromatic nitrogens is 3. The van der Waals surface area contributed by atoms with Crippen molar-refractivity contribution in [1.29, 1.82) is 0 Å². The highest BCUT2D eigenvalue weighted by molar-refractivity contribution is 5.69. The van der Waals surface area contributed by atoms with Crippen LogP contribution < -0.4 is 4.90 Å². The molecular formula is C6H10N4O. The van der Waals surface area contributed by atoms with Crippen LogP contribution in [0.25, 0.3) is 0 Å². The summed E-state index contributed by atoms with van der Waals surface area (Å²) in [4.78, 5) is 16.0. The van der Waals surface area contributed by atoms with Gasteiger partial charge in [0.2, 0.25) is 5.95 Å². The van der Waals surface area contributed by atoms with Crippen molar-refractivity contribution in [3.8, 4) is 0 Å². The Balaban J connectivity index is 3.04. The van der Waals surface area contributed by atoms with E-state index in [1.165, 1.54) is 4.68 Å². The van der Waals surface area contributed by atoms with Crippen molar-refractivity contribution >= 4 is 12.2 Å². The van der Waals surface area contributed by atoms with Crippen LogP contribution in [0.5, 0.6) is 0 Å². The summed E-state index contributed by atoms with van der Waals surface area (Å²) in [6.07, 6.45) is 0.681. The predicted molar refractivity (Wildman–Crippen MR) is 40.7 cm³/mol. The molecule has 11 heavy (non-hydrogen) atoms. The summed E-state index contributed by atoms with van der Waals surface area (Å²) >= 11 is 0. The lowest BCUT2D eigenvalue weighted by Gasteiger charge is -2.03. The molecule has 0 aromatic carbocycles. The molecule has 0 aliphatic heterocycles. The molecule has 0 fully saturated rings. The Labute approximate surface area is 64.6 Å². The van der Waals surface area contributed by atoms with Crippen LogP contribution in [-0.2, 0) is 7.05 Å². The van der Waals surface area contributed by atoms with E-state index in [1.807, 2.05) is 14.1 Å². The normalized spacial score (nSPS) is 9.73. The Bertz CT molecular complexity index is 266. The minimum absolute atomic E-state index is 0.341. The van der Waals surface area contributed by atoms with Crippen molar-refractivity contribution in [2.45, 2.75) is 0 Å². The van der Waals surface area contributed by atoms with Crippen LogP contribution in [-0.4, -0.2) is 35.1 Å². The first kappa shape index (κ1) is 7.71. The molecule has 0 unspecified atom stereocenters. The topological polar surface area (TPSA) is 51.0 Å². The van der Waals surface area contributed by atoms with Gasteiger partial charge in [0.1, 0.15) is 0 Å². The summed E-state index contributed by atoms with van der Waals surface area (Å²) < 4.78 is 1.45. The zero-order valence-corrected chi connectivity index (χ0v) is 6.77. The maximum absolute atomic E-state index is 10.3. The molecule has 60 valence electrons. The van der Waals surface area contributed by atoms with Gasteiger partial charge in [0.25, 0.3) is 0 Å². The molecule has 0 aliphatic carbocycles. The van der Waals surface area contributed by atoms with Gasteiger partial charge in [-0.2, -0.15) is 4.98 Å². The number of hydrogen-bond donors (Lipinski definition) is 0. The lowest BCUT2D eigenvalue weighted by Crippen LogP contribution is -2.10. The van der Waals surface area contributed by atoms with Crippen LogP contribution in [0.15, 0.2) is 0 Å². The van der Waals surface area contributed by atoms with Crippen LogP contribution in [0, 0.1) is 0 Å². The lowest BCUT2D eigenvalue weighted by atomic mass is 10.7. The maximum Gasteiger partial charge on any atom is 0.244 e. The SMILES string of the molecule is CN(C)c1nc(C=O)n(C)n1. The second-order valence-corrected chi connectivity index (χ2v) is 2.41. The van der Waals surface area contributed by atoms with Gasteiger partial charge in [0.05, 0.1) is 0 Å². The van der Waals surface area contributed by atoms with Crippen LogP contribution in [0.4, 0.5) is 5.95 Å². The minimum Gasteiger partial charge on any atom is -0.346 e. The number of hydrogen-bond acceptors (Lipinski definition) is 4. The van der Waals surface area contributed by atoms with Gasteiger partial charge in [-0.1, -0.05) is 0 Å². The molecule has 1 rings (SSSR count). The first-order chi connectivity index (χ1) is 5.15. The van der Waals surface area contributed by atoms with E-state index in [2.05, 4.69) is 10.1 Å². The molecule has 0 spiro atoms. The number of aryl methyl sites for hydroxylation is 1. The first-order valence-electron chi connectivity index (χ1n) is 3.18. The molecule has 0 amide bonds. The summed E-state index contributed by atoms with van der Waals surface area (Å²) in [5.41, 5.74) is 0. The number of nitrogens with zero attached hydrogens (tertiary/aromatic N) is 4. The van der Waals surface area contributed by atoms with Crippen LogP contribution >= 0.6 is 0 Å². The van der Waals surface area contributed by atoms with Crippen molar-refractivity contribution < 1.29 is 4.79 Å². The Morgan fingerprint density at radius 1 is 1.55 bits per heavy atom. The van der Waals surface area contributed by atoms with Crippen molar-refractivity contribution in [2.24, 2.45) is 7.05 Å². The Morgan fingerprint density at radius 3 is 2.45 bits per heavy atom. The largest absolute Gasteiger partial charge is 0.346 e. The van der Waals surface area contributed by atoms with E-state index in [9.17, 15) is 4.79 Å². The number of carbonyl (C=O) groups is 1. The van der Waals surface area contributed by atoms with Gasteiger partial charge >= 0.3 is 0 Å². The fraction of sp³-hybridized carbons (Fsp3) is 0.500. The smallest absolute Gasteiger partial charge is 0.244 e. The molecule has 0 atom stereocenters. The summed E-state index contributed by atoms with van der Waals surface area (Å²) in [6.45, 7) is 0. The fourth-order valence-corrected chi connectivity index (χ4v) is 0.675. The zero-order chi connectivity index (χ0) is 8.43. The molecule has 0 N–H and O–H groups in total. The number of carbonyl (C=O) groups excluding carboxylic acids is 1. The van der Waals surface area contributed by atoms with Gasteiger partial charge < -0.3 is 4.90 Å². The van der Waals surface area contributed by atoms with Crippen LogP contribution in [0.3, 0.4) is 0 Å². The van der Waals surface area contributed by atoms with E-state index in [0.29, 0.717) is 18.1 Å². The molecule has 0 aliphatic rings. The Morgan fingerprint density at radius 2 is 2.18 bits per heavy atom. The number of rotatable bonds is 2. The average molecular weight is 154 g/mol. The van der Waals surface area contributed by atoms with E-state index in [1.54, 1.807) is 11.9 Å². The van der Waals surface area contributed by atoms with Crippen LogP contribution in [0.2, 0.25) is 0 Å². The van der Waals surface area contributed by atoms with Gasteiger partial charge in [0.15, 0.2) is 12.1 Å². The van der Waals surface area contributed by atoms with Crippen molar-refractivity contribution in [2.75, 3.05) is 19.0 Å². The highest BCUT2D eigenvalue weighted by Gasteiger charge is 2.05. The summed E-state index contributed by atoms with van der Waals surface area (Å²) in [5.74, 6) is 0.892. The summed E-state index contributed by atoms with van der Waals surface area (Å²) in [5, 5.41) is 3.98. The third-order valence-corrected chi connectivity index (χ3v) is 1.29. The van der Waals surface area contributed by atoms with Gasteiger partial charge in [0, 0.05) is 21.1 Å². The first-order valence-corrected chi connectivity index (χ1v) is 3.18. The molecular weight excluding hydrogens is 144 g/mol. The van der Waals surface area contributed by atoms with Gasteiger partial charge in [-0.3, -0.25) is 4.79 Å². The number of aldehydes is 1. The van der Waals surface area contributed by atoms with E-state index in [4.69, 9.17) is 0 Å². The number of anilines is 1. The quantitative estimate of drug-likeness (QED) is 0.548. The maximum atomic E-state index is 10.3. The highest BCUT2D eigenvalue weighted by atomic mass is 16.1. The summed E-state index contributed by atoms with van der Waals surface area (Å²) in [6, 6.07) is 0. The standard InChI is InChI=1S/C6H10N4O/c1-9(2)6-7-5(4-11)10(3)8-6/h4H,1-3H3. The van der Waals surface area contributed by atoms with Crippen molar-refractivity contribution in [1.82, 2.24) is 14.8 Å². The average Bonchev–Trinajstić information content (AvgIpc) is 2.31. The molecule has 1 aromatic rings. The van der Waals surface area contributed by atoms with Crippen molar-refractivity contribution in [3.63, 3.8) is 0 Å². The fourth-order valence-electron chi connectivity index (χ4n) is 0.675. The zero-order valence-electron chi connectivity index (χ0n) is 6.77. The van der Waals surface area contributed by atoms with Crippen LogP contribution in [0.1, 0.15) is 10.6 Å². The lowest BCUT2D eigenvalue weighted by molar-refractivity contribution is 0.111. The third kappa shape index (κ3) is 1.36. The van der Waals surface area contributed by atoms with Gasteiger partial charge in [-0.15, -0.1) is 5.10 Å². The molecule has 1 aromatic heterocycles. The third-order valence-electron chi connectivity index (χ3n) is 1.29. The van der Waals surface area contributed by atoms with Crippen molar-refractivity contribution in [3.05, 3.63) is 5.82 Å². The minimum atomic E-state index is 0.341. The second-order valence-electron chi connectivity index (χ2n) is 2.41. The van der Waals surface area contributed by atoms with Gasteiger partial charge in [-0.25, -0.2) is 4.68 Å². The van der Waals surface area contributed by atoms with E-state index in [-0.39, 0.29) is 0 Å². The second kappa shape index (κ2) is 2.69. The Hall–Kier alpha value is -1.39. The molecule has 0 radical (unpaired) electrons. The molecule has 5 heteroatoms. The highest BCUT2D eigenvalue weighted by Crippen LogP contribution is 2.01.